The van der Waals surface area contributed by atoms with Gasteiger partial charge in [-0.1, -0.05) is 30.3 Å². The number of aryl methyl sites for hydroxylation is 2. The molecule has 0 atom stereocenters. The summed E-state index contributed by atoms with van der Waals surface area (Å²) in [5.74, 6) is 0. The van der Waals surface area contributed by atoms with Crippen molar-refractivity contribution in [2.75, 3.05) is 36.8 Å². The molecule has 0 unspecified atom stereocenters. The molecule has 2 aromatic rings. The fourth-order valence-corrected chi connectivity index (χ4v) is 3.14. The van der Waals surface area contributed by atoms with Gasteiger partial charge in [-0.25, -0.2) is 0 Å². The number of nitrogen functional groups attached to an aromatic ring is 1. The maximum absolute atomic E-state index is 6.06. The lowest BCUT2D eigenvalue weighted by atomic mass is 10.1. The van der Waals surface area contributed by atoms with Crippen LogP contribution in [-0.2, 0) is 6.54 Å². The molecule has 1 aliphatic rings. The number of anilines is 2. The standard InChI is InChI=1S/C19H25N3/c1-15-12-18(13-16(2)19(15)20)22-10-8-21(9-11-22)14-17-6-4-3-5-7-17/h3-7,12-13H,8-11,14,20H2,1-2H3. The number of hydrogen-bond acceptors (Lipinski definition) is 3. The van der Waals surface area contributed by atoms with Crippen molar-refractivity contribution in [2.24, 2.45) is 0 Å². The second kappa shape index (κ2) is 6.41. The zero-order chi connectivity index (χ0) is 15.5. The first-order chi connectivity index (χ1) is 10.6. The molecule has 0 amide bonds. The highest BCUT2D eigenvalue weighted by molar-refractivity contribution is 5.62. The van der Waals surface area contributed by atoms with E-state index in [1.807, 2.05) is 0 Å². The molecule has 2 N–H and O–H groups in total. The Bertz CT molecular complexity index is 605. The number of piperazine rings is 1. The quantitative estimate of drug-likeness (QED) is 0.883. The van der Waals surface area contributed by atoms with Crippen LogP contribution in [0.25, 0.3) is 0 Å². The van der Waals surface area contributed by atoms with Crippen LogP contribution in [0.3, 0.4) is 0 Å². The molecule has 1 fully saturated rings. The first-order valence-electron chi connectivity index (χ1n) is 8.01. The summed E-state index contributed by atoms with van der Waals surface area (Å²) in [6.07, 6.45) is 0. The lowest BCUT2D eigenvalue weighted by Crippen LogP contribution is -2.46. The van der Waals surface area contributed by atoms with Gasteiger partial charge in [0.15, 0.2) is 0 Å². The highest BCUT2D eigenvalue weighted by atomic mass is 15.3. The minimum atomic E-state index is 0.923. The molecule has 0 bridgehead atoms. The molecule has 2 aromatic carbocycles. The molecule has 0 aliphatic carbocycles. The number of hydrogen-bond donors (Lipinski definition) is 1. The van der Waals surface area contributed by atoms with Crippen LogP contribution >= 0.6 is 0 Å². The smallest absolute Gasteiger partial charge is 0.0374 e. The predicted octanol–water partition coefficient (Wildman–Crippen LogP) is 3.21. The van der Waals surface area contributed by atoms with Crippen LogP contribution in [0.15, 0.2) is 42.5 Å². The Hall–Kier alpha value is -2.00. The molecule has 3 heteroatoms. The van der Waals surface area contributed by atoms with E-state index < -0.39 is 0 Å². The van der Waals surface area contributed by atoms with E-state index in [1.54, 1.807) is 0 Å². The van der Waals surface area contributed by atoms with E-state index in [2.05, 4.69) is 66.1 Å². The van der Waals surface area contributed by atoms with E-state index in [1.165, 1.54) is 22.4 Å². The molecular formula is C19H25N3. The average molecular weight is 295 g/mol. The maximum atomic E-state index is 6.06. The van der Waals surface area contributed by atoms with Crippen molar-refractivity contribution in [3.05, 3.63) is 59.2 Å². The van der Waals surface area contributed by atoms with Crippen molar-refractivity contribution in [3.8, 4) is 0 Å². The minimum absolute atomic E-state index is 0.923. The molecular weight excluding hydrogens is 270 g/mol. The van der Waals surface area contributed by atoms with Gasteiger partial charge in [0.1, 0.15) is 0 Å². The number of nitrogens with zero attached hydrogens (tertiary/aromatic N) is 2. The van der Waals surface area contributed by atoms with Crippen LogP contribution in [0.1, 0.15) is 16.7 Å². The van der Waals surface area contributed by atoms with Gasteiger partial charge in [0.2, 0.25) is 0 Å². The average Bonchev–Trinajstić information content (AvgIpc) is 2.54. The third-order valence-corrected chi connectivity index (χ3v) is 4.56. The third kappa shape index (κ3) is 3.25. The fourth-order valence-electron chi connectivity index (χ4n) is 3.14. The summed E-state index contributed by atoms with van der Waals surface area (Å²) in [5.41, 5.74) is 12.1. The van der Waals surface area contributed by atoms with Gasteiger partial charge in [-0.3, -0.25) is 4.90 Å². The van der Waals surface area contributed by atoms with Crippen LogP contribution in [0.2, 0.25) is 0 Å². The Morgan fingerprint density at radius 2 is 1.50 bits per heavy atom. The van der Waals surface area contributed by atoms with Gasteiger partial charge in [0.25, 0.3) is 0 Å². The van der Waals surface area contributed by atoms with Gasteiger partial charge in [0, 0.05) is 44.1 Å². The van der Waals surface area contributed by atoms with Gasteiger partial charge in [0.05, 0.1) is 0 Å². The van der Waals surface area contributed by atoms with Gasteiger partial charge in [-0.05, 0) is 42.7 Å². The van der Waals surface area contributed by atoms with E-state index in [0.717, 1.165) is 38.4 Å². The molecule has 1 heterocycles. The second-order valence-electron chi connectivity index (χ2n) is 6.24. The predicted molar refractivity (Wildman–Crippen MR) is 94.3 cm³/mol. The van der Waals surface area contributed by atoms with Gasteiger partial charge >= 0.3 is 0 Å². The number of benzene rings is 2. The molecule has 116 valence electrons. The first-order valence-corrected chi connectivity index (χ1v) is 8.01. The summed E-state index contributed by atoms with van der Waals surface area (Å²) in [6, 6.07) is 15.2. The Balaban J connectivity index is 1.62. The van der Waals surface area contributed by atoms with Crippen molar-refractivity contribution >= 4 is 11.4 Å². The number of rotatable bonds is 3. The van der Waals surface area contributed by atoms with Crippen LogP contribution in [0, 0.1) is 13.8 Å². The maximum Gasteiger partial charge on any atom is 0.0374 e. The van der Waals surface area contributed by atoms with Crippen molar-refractivity contribution in [2.45, 2.75) is 20.4 Å². The lowest BCUT2D eigenvalue weighted by molar-refractivity contribution is 0.250. The Labute approximate surface area is 133 Å². The Morgan fingerprint density at radius 1 is 0.909 bits per heavy atom. The summed E-state index contributed by atoms with van der Waals surface area (Å²) in [6.45, 7) is 9.61. The van der Waals surface area contributed by atoms with Gasteiger partial charge in [-0.15, -0.1) is 0 Å². The topological polar surface area (TPSA) is 32.5 Å². The van der Waals surface area contributed by atoms with Crippen molar-refractivity contribution in [1.82, 2.24) is 4.90 Å². The highest BCUT2D eigenvalue weighted by Gasteiger charge is 2.18. The number of nitrogens with two attached hydrogens (primary N) is 1. The minimum Gasteiger partial charge on any atom is -0.398 e. The molecule has 1 aliphatic heterocycles. The monoisotopic (exact) mass is 295 g/mol. The summed E-state index contributed by atoms with van der Waals surface area (Å²) in [4.78, 5) is 5.00. The summed E-state index contributed by atoms with van der Waals surface area (Å²) in [5, 5.41) is 0. The van der Waals surface area contributed by atoms with E-state index in [4.69, 9.17) is 5.73 Å². The molecule has 3 rings (SSSR count). The molecule has 0 aromatic heterocycles. The van der Waals surface area contributed by atoms with Crippen molar-refractivity contribution in [3.63, 3.8) is 0 Å². The molecule has 0 spiro atoms. The lowest BCUT2D eigenvalue weighted by Gasteiger charge is -2.36. The first kappa shape index (κ1) is 14.9. The van der Waals surface area contributed by atoms with Crippen LogP contribution in [0.4, 0.5) is 11.4 Å². The molecule has 22 heavy (non-hydrogen) atoms. The van der Waals surface area contributed by atoms with E-state index in [9.17, 15) is 0 Å². The van der Waals surface area contributed by atoms with Crippen molar-refractivity contribution < 1.29 is 0 Å². The second-order valence-corrected chi connectivity index (χ2v) is 6.24. The van der Waals surface area contributed by atoms with Crippen LogP contribution < -0.4 is 10.6 Å². The Kier molecular flexibility index (Phi) is 4.34. The van der Waals surface area contributed by atoms with Crippen molar-refractivity contribution in [1.29, 1.82) is 0 Å². The zero-order valence-corrected chi connectivity index (χ0v) is 13.5. The zero-order valence-electron chi connectivity index (χ0n) is 13.5. The van der Waals surface area contributed by atoms with E-state index >= 15 is 0 Å². The fraction of sp³-hybridized carbons (Fsp3) is 0.368. The molecule has 0 saturated carbocycles. The Morgan fingerprint density at radius 3 is 2.09 bits per heavy atom. The molecule has 3 nitrogen and oxygen atoms in total. The summed E-state index contributed by atoms with van der Waals surface area (Å²) in [7, 11) is 0. The van der Waals surface area contributed by atoms with E-state index in [-0.39, 0.29) is 0 Å². The SMILES string of the molecule is Cc1cc(N2CCN(Cc3ccccc3)CC2)cc(C)c1N. The van der Waals surface area contributed by atoms with Crippen LogP contribution in [0.5, 0.6) is 0 Å². The normalized spacial score (nSPS) is 16.0. The highest BCUT2D eigenvalue weighted by Crippen LogP contribution is 2.25. The van der Waals surface area contributed by atoms with E-state index in [0.29, 0.717) is 0 Å². The molecule has 1 saturated heterocycles. The van der Waals surface area contributed by atoms with Gasteiger partial charge in [-0.2, -0.15) is 0 Å². The summed E-state index contributed by atoms with van der Waals surface area (Å²) < 4.78 is 0. The largest absolute Gasteiger partial charge is 0.398 e. The molecule has 0 radical (unpaired) electrons. The van der Waals surface area contributed by atoms with Crippen LogP contribution in [-0.4, -0.2) is 31.1 Å². The summed E-state index contributed by atoms with van der Waals surface area (Å²) >= 11 is 0. The van der Waals surface area contributed by atoms with Gasteiger partial charge < -0.3 is 10.6 Å². The third-order valence-electron chi connectivity index (χ3n) is 4.56.